The SMILES string of the molecule is CC1CCN(C(=O)c2ccnc3ccccc23)CC1Cl. The number of pyridine rings is 1. The molecule has 1 aliphatic rings. The summed E-state index contributed by atoms with van der Waals surface area (Å²) < 4.78 is 0. The molecule has 2 heterocycles. The van der Waals surface area contributed by atoms with Gasteiger partial charge in [-0.15, -0.1) is 11.6 Å². The van der Waals surface area contributed by atoms with Crippen molar-refractivity contribution in [1.82, 2.24) is 9.88 Å². The molecule has 0 aliphatic carbocycles. The van der Waals surface area contributed by atoms with E-state index in [0.29, 0.717) is 18.0 Å². The first kappa shape index (κ1) is 13.4. The molecule has 104 valence electrons. The maximum Gasteiger partial charge on any atom is 0.254 e. The van der Waals surface area contributed by atoms with Crippen LogP contribution < -0.4 is 0 Å². The van der Waals surface area contributed by atoms with Crippen LogP contribution in [-0.4, -0.2) is 34.3 Å². The minimum absolute atomic E-state index is 0.0424. The highest BCUT2D eigenvalue weighted by Gasteiger charge is 2.28. The van der Waals surface area contributed by atoms with Crippen LogP contribution in [0.25, 0.3) is 10.9 Å². The normalized spacial score (nSPS) is 23.0. The molecule has 3 rings (SSSR count). The number of aromatic nitrogens is 1. The number of amides is 1. The van der Waals surface area contributed by atoms with Gasteiger partial charge in [0.15, 0.2) is 0 Å². The molecule has 1 aromatic heterocycles. The van der Waals surface area contributed by atoms with Gasteiger partial charge in [-0.25, -0.2) is 0 Å². The second-order valence-electron chi connectivity index (χ2n) is 5.41. The number of carbonyl (C=O) groups is 1. The summed E-state index contributed by atoms with van der Waals surface area (Å²) in [5, 5.41) is 0.950. The fraction of sp³-hybridized carbons (Fsp3) is 0.375. The van der Waals surface area contributed by atoms with E-state index in [4.69, 9.17) is 11.6 Å². The summed E-state index contributed by atoms with van der Waals surface area (Å²) in [6.07, 6.45) is 2.66. The molecular formula is C16H17ClN2O. The third kappa shape index (κ3) is 2.38. The van der Waals surface area contributed by atoms with E-state index in [1.807, 2.05) is 29.2 Å². The van der Waals surface area contributed by atoms with Gasteiger partial charge < -0.3 is 4.90 Å². The molecule has 1 saturated heterocycles. The summed E-state index contributed by atoms with van der Waals surface area (Å²) in [5.41, 5.74) is 1.57. The number of para-hydroxylation sites is 1. The van der Waals surface area contributed by atoms with Crippen LogP contribution in [0.3, 0.4) is 0 Å². The van der Waals surface area contributed by atoms with Crippen LogP contribution in [-0.2, 0) is 0 Å². The zero-order chi connectivity index (χ0) is 14.1. The second kappa shape index (κ2) is 5.41. The number of halogens is 1. The third-order valence-electron chi connectivity index (χ3n) is 4.03. The number of likely N-dealkylation sites (tertiary alicyclic amines) is 1. The smallest absolute Gasteiger partial charge is 0.254 e. The topological polar surface area (TPSA) is 33.2 Å². The summed E-state index contributed by atoms with van der Waals surface area (Å²) in [4.78, 5) is 18.9. The van der Waals surface area contributed by atoms with Gasteiger partial charge in [-0.2, -0.15) is 0 Å². The van der Waals surface area contributed by atoms with Crippen molar-refractivity contribution in [3.05, 3.63) is 42.1 Å². The molecule has 1 aliphatic heterocycles. The number of hydrogen-bond donors (Lipinski definition) is 0. The number of benzene rings is 1. The molecule has 2 atom stereocenters. The van der Waals surface area contributed by atoms with E-state index in [9.17, 15) is 4.79 Å². The summed E-state index contributed by atoms with van der Waals surface area (Å²) in [7, 11) is 0. The second-order valence-corrected chi connectivity index (χ2v) is 5.97. The predicted octanol–water partition coefficient (Wildman–Crippen LogP) is 3.32. The fourth-order valence-corrected chi connectivity index (χ4v) is 2.95. The van der Waals surface area contributed by atoms with Crippen LogP contribution in [0.4, 0.5) is 0 Å². The Labute approximate surface area is 123 Å². The van der Waals surface area contributed by atoms with Crippen molar-refractivity contribution >= 4 is 28.4 Å². The minimum Gasteiger partial charge on any atom is -0.337 e. The van der Waals surface area contributed by atoms with Gasteiger partial charge in [0.05, 0.1) is 16.5 Å². The lowest BCUT2D eigenvalue weighted by atomic mass is 9.97. The van der Waals surface area contributed by atoms with Crippen LogP contribution in [0, 0.1) is 5.92 Å². The molecule has 0 radical (unpaired) electrons. The van der Waals surface area contributed by atoms with Gasteiger partial charge >= 0.3 is 0 Å². The highest BCUT2D eigenvalue weighted by molar-refractivity contribution is 6.21. The monoisotopic (exact) mass is 288 g/mol. The van der Waals surface area contributed by atoms with E-state index in [-0.39, 0.29) is 11.3 Å². The van der Waals surface area contributed by atoms with E-state index in [1.54, 1.807) is 12.3 Å². The number of nitrogens with zero attached hydrogens (tertiary/aromatic N) is 2. The van der Waals surface area contributed by atoms with Crippen LogP contribution in [0.2, 0.25) is 0 Å². The average Bonchev–Trinajstić information content (AvgIpc) is 2.49. The Kier molecular flexibility index (Phi) is 3.62. The molecule has 4 heteroatoms. The largest absolute Gasteiger partial charge is 0.337 e. The van der Waals surface area contributed by atoms with Gasteiger partial charge in [0.2, 0.25) is 0 Å². The molecule has 1 fully saturated rings. The molecule has 1 amide bonds. The van der Waals surface area contributed by atoms with Gasteiger partial charge in [0.1, 0.15) is 0 Å². The van der Waals surface area contributed by atoms with Crippen molar-refractivity contribution in [3.63, 3.8) is 0 Å². The summed E-state index contributed by atoms with van der Waals surface area (Å²) in [5.74, 6) is 0.524. The molecule has 0 saturated carbocycles. The van der Waals surface area contributed by atoms with Gasteiger partial charge in [0, 0.05) is 24.7 Å². The first-order valence-corrected chi connectivity index (χ1v) is 7.37. The van der Waals surface area contributed by atoms with Crippen molar-refractivity contribution in [2.75, 3.05) is 13.1 Å². The Balaban J connectivity index is 1.93. The van der Waals surface area contributed by atoms with Gasteiger partial charge in [-0.1, -0.05) is 25.1 Å². The van der Waals surface area contributed by atoms with E-state index < -0.39 is 0 Å². The molecular weight excluding hydrogens is 272 g/mol. The third-order valence-corrected chi connectivity index (χ3v) is 4.60. The van der Waals surface area contributed by atoms with Gasteiger partial charge in [-0.3, -0.25) is 9.78 Å². The maximum absolute atomic E-state index is 12.7. The lowest BCUT2D eigenvalue weighted by molar-refractivity contribution is 0.0703. The van der Waals surface area contributed by atoms with Crippen molar-refractivity contribution in [3.8, 4) is 0 Å². The van der Waals surface area contributed by atoms with Crippen LogP contribution in [0.5, 0.6) is 0 Å². The average molecular weight is 289 g/mol. The summed E-state index contributed by atoms with van der Waals surface area (Å²) in [6, 6.07) is 9.53. The first-order valence-electron chi connectivity index (χ1n) is 6.94. The molecule has 2 unspecified atom stereocenters. The summed E-state index contributed by atoms with van der Waals surface area (Å²) >= 11 is 6.31. The molecule has 20 heavy (non-hydrogen) atoms. The molecule has 0 N–H and O–H groups in total. The number of piperidine rings is 1. The Morgan fingerprint density at radius 2 is 2.15 bits per heavy atom. The minimum atomic E-state index is 0.0424. The van der Waals surface area contributed by atoms with Crippen molar-refractivity contribution < 1.29 is 4.79 Å². The van der Waals surface area contributed by atoms with Crippen molar-refractivity contribution in [2.24, 2.45) is 5.92 Å². The lowest BCUT2D eigenvalue weighted by Gasteiger charge is -2.34. The standard InChI is InChI=1S/C16H17ClN2O/c1-11-7-9-19(10-14(11)17)16(20)13-6-8-18-15-5-3-2-4-12(13)15/h2-6,8,11,14H,7,9-10H2,1H3. The first-order chi connectivity index (χ1) is 9.66. The number of rotatable bonds is 1. The number of fused-ring (bicyclic) bond motifs is 1. The number of carbonyl (C=O) groups excluding carboxylic acids is 1. The predicted molar refractivity (Wildman–Crippen MR) is 81.1 cm³/mol. The van der Waals surface area contributed by atoms with Crippen LogP contribution >= 0.6 is 11.6 Å². The van der Waals surface area contributed by atoms with Gasteiger partial charge in [-0.05, 0) is 24.5 Å². The highest BCUT2D eigenvalue weighted by Crippen LogP contribution is 2.25. The molecule has 0 bridgehead atoms. The van der Waals surface area contributed by atoms with Crippen LogP contribution in [0.15, 0.2) is 36.5 Å². The van der Waals surface area contributed by atoms with Crippen molar-refractivity contribution in [2.45, 2.75) is 18.7 Å². The highest BCUT2D eigenvalue weighted by atomic mass is 35.5. The summed E-state index contributed by atoms with van der Waals surface area (Å²) in [6.45, 7) is 3.54. The van der Waals surface area contributed by atoms with E-state index >= 15 is 0 Å². The number of alkyl halides is 1. The number of hydrogen-bond acceptors (Lipinski definition) is 2. The Bertz CT molecular complexity index is 638. The molecule has 2 aromatic rings. The zero-order valence-electron chi connectivity index (χ0n) is 11.4. The Morgan fingerprint density at radius 3 is 2.95 bits per heavy atom. The molecule has 1 aromatic carbocycles. The van der Waals surface area contributed by atoms with E-state index in [1.165, 1.54) is 0 Å². The quantitative estimate of drug-likeness (QED) is 0.754. The van der Waals surface area contributed by atoms with Crippen LogP contribution in [0.1, 0.15) is 23.7 Å². The van der Waals surface area contributed by atoms with E-state index in [0.717, 1.165) is 23.9 Å². The Hall–Kier alpha value is -1.61. The molecule has 0 spiro atoms. The van der Waals surface area contributed by atoms with E-state index in [2.05, 4.69) is 11.9 Å². The fourth-order valence-electron chi connectivity index (χ4n) is 2.66. The zero-order valence-corrected chi connectivity index (χ0v) is 12.2. The van der Waals surface area contributed by atoms with Crippen molar-refractivity contribution in [1.29, 1.82) is 0 Å². The van der Waals surface area contributed by atoms with Gasteiger partial charge in [0.25, 0.3) is 5.91 Å². The maximum atomic E-state index is 12.7. The lowest BCUT2D eigenvalue weighted by Crippen LogP contribution is -2.43. The molecule has 3 nitrogen and oxygen atoms in total. The Morgan fingerprint density at radius 1 is 1.35 bits per heavy atom.